The predicted octanol–water partition coefficient (Wildman–Crippen LogP) is 2.87. The molecule has 2 aromatic rings. The van der Waals surface area contributed by atoms with E-state index in [4.69, 9.17) is 0 Å². The summed E-state index contributed by atoms with van der Waals surface area (Å²) in [7, 11) is 0. The molecular formula is C15H18N2. The van der Waals surface area contributed by atoms with Crippen molar-refractivity contribution in [3.8, 4) is 0 Å². The van der Waals surface area contributed by atoms with Crippen molar-refractivity contribution in [2.75, 3.05) is 6.54 Å². The average molecular weight is 226 g/mol. The lowest BCUT2D eigenvalue weighted by molar-refractivity contribution is 0.344. The third-order valence-electron chi connectivity index (χ3n) is 4.58. The van der Waals surface area contributed by atoms with E-state index in [-0.39, 0.29) is 0 Å². The van der Waals surface area contributed by atoms with E-state index in [0.29, 0.717) is 6.04 Å². The van der Waals surface area contributed by atoms with E-state index in [1.807, 2.05) is 0 Å². The van der Waals surface area contributed by atoms with E-state index in [9.17, 15) is 0 Å². The third-order valence-corrected chi connectivity index (χ3v) is 4.58. The zero-order valence-corrected chi connectivity index (χ0v) is 10.2. The number of fused-ring (bicyclic) bond motifs is 2. The second-order valence-corrected chi connectivity index (χ2v) is 5.55. The van der Waals surface area contributed by atoms with E-state index in [1.54, 1.807) is 5.56 Å². The van der Waals surface area contributed by atoms with Crippen molar-refractivity contribution in [2.24, 2.45) is 0 Å². The number of benzene rings is 1. The van der Waals surface area contributed by atoms with Crippen LogP contribution < -0.4 is 5.32 Å². The van der Waals surface area contributed by atoms with E-state index in [2.05, 4.69) is 35.6 Å². The van der Waals surface area contributed by atoms with Crippen molar-refractivity contribution in [1.82, 2.24) is 10.3 Å². The molecule has 2 atom stereocenters. The molecule has 1 aromatic heterocycles. The molecule has 1 aromatic carbocycles. The fourth-order valence-corrected chi connectivity index (χ4v) is 3.82. The molecule has 2 aliphatic rings. The molecule has 0 radical (unpaired) electrons. The molecule has 0 bridgehead atoms. The SMILES string of the molecule is Cc1ccc2[nH]cc3c2c1C1CCCNC1C3. The number of hydrogen-bond acceptors (Lipinski definition) is 1. The van der Waals surface area contributed by atoms with Gasteiger partial charge in [0.15, 0.2) is 0 Å². The predicted molar refractivity (Wildman–Crippen MR) is 70.5 cm³/mol. The first-order valence-corrected chi connectivity index (χ1v) is 6.67. The monoisotopic (exact) mass is 226 g/mol. The van der Waals surface area contributed by atoms with Crippen LogP contribution in [-0.2, 0) is 6.42 Å². The quantitative estimate of drug-likeness (QED) is 0.710. The Morgan fingerprint density at radius 1 is 1.29 bits per heavy atom. The van der Waals surface area contributed by atoms with Gasteiger partial charge in [0.25, 0.3) is 0 Å². The number of rotatable bonds is 0. The second kappa shape index (κ2) is 3.36. The molecule has 2 N–H and O–H groups in total. The largest absolute Gasteiger partial charge is 0.361 e. The molecule has 2 nitrogen and oxygen atoms in total. The third kappa shape index (κ3) is 1.25. The number of aryl methyl sites for hydroxylation is 1. The molecule has 17 heavy (non-hydrogen) atoms. The smallest absolute Gasteiger partial charge is 0.0459 e. The van der Waals surface area contributed by atoms with Gasteiger partial charge in [0.1, 0.15) is 0 Å². The van der Waals surface area contributed by atoms with Crippen molar-refractivity contribution in [1.29, 1.82) is 0 Å². The maximum absolute atomic E-state index is 3.71. The molecule has 0 spiro atoms. The molecule has 2 heteroatoms. The lowest BCUT2D eigenvalue weighted by Crippen LogP contribution is -2.43. The number of piperidine rings is 1. The summed E-state index contributed by atoms with van der Waals surface area (Å²) < 4.78 is 0. The van der Waals surface area contributed by atoms with E-state index < -0.39 is 0 Å². The maximum Gasteiger partial charge on any atom is 0.0459 e. The van der Waals surface area contributed by atoms with Gasteiger partial charge < -0.3 is 10.3 Å². The van der Waals surface area contributed by atoms with Crippen molar-refractivity contribution in [3.63, 3.8) is 0 Å². The van der Waals surface area contributed by atoms with Crippen LogP contribution in [0.2, 0.25) is 0 Å². The van der Waals surface area contributed by atoms with Gasteiger partial charge in [-0.25, -0.2) is 0 Å². The van der Waals surface area contributed by atoms with Gasteiger partial charge in [-0.1, -0.05) is 6.07 Å². The Morgan fingerprint density at radius 2 is 2.24 bits per heavy atom. The number of H-pyrrole nitrogens is 1. The summed E-state index contributed by atoms with van der Waals surface area (Å²) >= 11 is 0. The molecule has 1 fully saturated rings. The molecule has 2 unspecified atom stereocenters. The highest BCUT2D eigenvalue weighted by Crippen LogP contribution is 2.42. The van der Waals surface area contributed by atoms with Gasteiger partial charge in [-0.15, -0.1) is 0 Å². The van der Waals surface area contributed by atoms with Crippen molar-refractivity contribution < 1.29 is 0 Å². The van der Waals surface area contributed by atoms with Crippen LogP contribution in [0.5, 0.6) is 0 Å². The summed E-state index contributed by atoms with van der Waals surface area (Å²) in [6.07, 6.45) is 6.07. The highest BCUT2D eigenvalue weighted by Gasteiger charge is 2.33. The van der Waals surface area contributed by atoms with Gasteiger partial charge in [0.2, 0.25) is 0 Å². The first-order chi connectivity index (χ1) is 8.34. The van der Waals surface area contributed by atoms with Crippen LogP contribution in [0.15, 0.2) is 18.3 Å². The minimum Gasteiger partial charge on any atom is -0.361 e. The van der Waals surface area contributed by atoms with Gasteiger partial charge in [-0.2, -0.15) is 0 Å². The standard InChI is InChI=1S/C15H18N2/c1-9-4-5-12-15-10(8-17-12)7-13-11(14(9)15)3-2-6-16-13/h4-5,8,11,13,16-17H,2-3,6-7H2,1H3. The van der Waals surface area contributed by atoms with Gasteiger partial charge in [-0.3, -0.25) is 0 Å². The number of aromatic nitrogens is 1. The highest BCUT2D eigenvalue weighted by atomic mass is 14.9. The van der Waals surface area contributed by atoms with Crippen LogP contribution in [0.25, 0.3) is 10.9 Å². The van der Waals surface area contributed by atoms with E-state index in [1.165, 1.54) is 47.8 Å². The summed E-state index contributed by atoms with van der Waals surface area (Å²) in [5.41, 5.74) is 5.91. The first-order valence-electron chi connectivity index (χ1n) is 6.67. The minimum atomic E-state index is 0.663. The van der Waals surface area contributed by atoms with Gasteiger partial charge in [0.05, 0.1) is 0 Å². The summed E-state index contributed by atoms with van der Waals surface area (Å²) in [5.74, 6) is 0.732. The fraction of sp³-hybridized carbons (Fsp3) is 0.467. The second-order valence-electron chi connectivity index (χ2n) is 5.55. The van der Waals surface area contributed by atoms with E-state index >= 15 is 0 Å². The Morgan fingerprint density at radius 3 is 3.18 bits per heavy atom. The molecule has 1 saturated heterocycles. The Hall–Kier alpha value is -1.28. The Labute approximate surface area is 101 Å². The molecule has 0 saturated carbocycles. The Kier molecular flexibility index (Phi) is 1.92. The number of hydrogen-bond donors (Lipinski definition) is 2. The number of aromatic amines is 1. The highest BCUT2D eigenvalue weighted by molar-refractivity contribution is 5.89. The average Bonchev–Trinajstić information content (AvgIpc) is 2.76. The van der Waals surface area contributed by atoms with Crippen molar-refractivity contribution in [3.05, 3.63) is 35.0 Å². The summed E-state index contributed by atoms with van der Waals surface area (Å²) in [6, 6.07) is 5.17. The zero-order valence-electron chi connectivity index (χ0n) is 10.2. The zero-order chi connectivity index (χ0) is 11.4. The van der Waals surface area contributed by atoms with Crippen LogP contribution in [0.1, 0.15) is 35.4 Å². The van der Waals surface area contributed by atoms with Gasteiger partial charge in [0, 0.05) is 29.1 Å². The van der Waals surface area contributed by atoms with Gasteiger partial charge >= 0.3 is 0 Å². The normalized spacial score (nSPS) is 27.1. The number of nitrogens with one attached hydrogen (secondary N) is 2. The lowest BCUT2D eigenvalue weighted by Gasteiger charge is -2.37. The Bertz CT molecular complexity index is 582. The van der Waals surface area contributed by atoms with Crippen LogP contribution >= 0.6 is 0 Å². The molecule has 0 amide bonds. The first kappa shape index (κ1) is 9.72. The van der Waals surface area contributed by atoms with Crippen molar-refractivity contribution in [2.45, 2.75) is 38.1 Å². The van der Waals surface area contributed by atoms with Crippen LogP contribution in [0.4, 0.5) is 0 Å². The molecule has 2 heterocycles. The summed E-state index contributed by atoms with van der Waals surface area (Å²) in [6.45, 7) is 3.46. The summed E-state index contributed by atoms with van der Waals surface area (Å²) in [5, 5.41) is 5.23. The van der Waals surface area contributed by atoms with Crippen molar-refractivity contribution >= 4 is 10.9 Å². The molecule has 4 rings (SSSR count). The molecule has 88 valence electrons. The van der Waals surface area contributed by atoms with Gasteiger partial charge in [-0.05, 0) is 55.5 Å². The fourth-order valence-electron chi connectivity index (χ4n) is 3.82. The van der Waals surface area contributed by atoms with E-state index in [0.717, 1.165) is 5.92 Å². The summed E-state index contributed by atoms with van der Waals surface area (Å²) in [4.78, 5) is 3.43. The topological polar surface area (TPSA) is 27.8 Å². The Balaban J connectivity index is 2.02. The molecule has 1 aliphatic carbocycles. The molecule has 1 aliphatic heterocycles. The minimum absolute atomic E-state index is 0.663. The van der Waals surface area contributed by atoms with Crippen LogP contribution in [-0.4, -0.2) is 17.6 Å². The molecular weight excluding hydrogens is 208 g/mol. The lowest BCUT2D eigenvalue weighted by atomic mass is 9.74. The van der Waals surface area contributed by atoms with Crippen LogP contribution in [0, 0.1) is 6.92 Å². The van der Waals surface area contributed by atoms with Crippen LogP contribution in [0.3, 0.4) is 0 Å². The maximum atomic E-state index is 3.71.